The average molecular weight is 345 g/mol. The van der Waals surface area contributed by atoms with E-state index in [-0.39, 0.29) is 11.8 Å². The first-order valence-electron chi connectivity index (χ1n) is 7.51. The van der Waals surface area contributed by atoms with E-state index in [2.05, 4.69) is 5.32 Å². The molecule has 1 heterocycles. The molecule has 0 bridgehead atoms. The van der Waals surface area contributed by atoms with Crippen molar-refractivity contribution in [2.45, 2.75) is 19.5 Å². The minimum absolute atomic E-state index is 0.209. The van der Waals surface area contributed by atoms with Gasteiger partial charge in [0.05, 0.1) is 24.4 Å². The highest BCUT2D eigenvalue weighted by atomic mass is 35.5. The van der Waals surface area contributed by atoms with Gasteiger partial charge in [0.1, 0.15) is 11.8 Å². The van der Waals surface area contributed by atoms with E-state index in [0.29, 0.717) is 28.6 Å². The number of hydrogen-bond donors (Lipinski definition) is 1. The SMILES string of the molecule is COc1ccccc1CN1C(=O)[C@H](NC(C)=O)c2cccc(Cl)c21. The molecule has 2 aromatic carbocycles. The van der Waals surface area contributed by atoms with Crippen LogP contribution < -0.4 is 15.0 Å². The Balaban J connectivity index is 2.02. The maximum absolute atomic E-state index is 12.9. The lowest BCUT2D eigenvalue weighted by Gasteiger charge is -2.20. The zero-order valence-corrected chi connectivity index (χ0v) is 14.1. The van der Waals surface area contributed by atoms with Crippen molar-refractivity contribution in [3.05, 3.63) is 58.6 Å². The van der Waals surface area contributed by atoms with Gasteiger partial charge in [0.2, 0.25) is 5.91 Å². The van der Waals surface area contributed by atoms with Crippen molar-refractivity contribution in [1.29, 1.82) is 0 Å². The minimum atomic E-state index is -0.717. The van der Waals surface area contributed by atoms with Crippen LogP contribution in [0.15, 0.2) is 42.5 Å². The van der Waals surface area contributed by atoms with Crippen molar-refractivity contribution in [3.8, 4) is 5.75 Å². The van der Waals surface area contributed by atoms with Crippen LogP contribution in [0.2, 0.25) is 5.02 Å². The van der Waals surface area contributed by atoms with Crippen LogP contribution in [0.4, 0.5) is 5.69 Å². The lowest BCUT2D eigenvalue weighted by Crippen LogP contribution is -2.36. The number of nitrogens with one attached hydrogen (secondary N) is 1. The van der Waals surface area contributed by atoms with Gasteiger partial charge >= 0.3 is 0 Å². The van der Waals surface area contributed by atoms with Gasteiger partial charge in [-0.05, 0) is 12.1 Å². The third-order valence-corrected chi connectivity index (χ3v) is 4.29. The van der Waals surface area contributed by atoms with Crippen LogP contribution >= 0.6 is 11.6 Å². The first kappa shape index (κ1) is 16.3. The number of ether oxygens (including phenoxy) is 1. The number of amides is 2. The Bertz CT molecular complexity index is 807. The van der Waals surface area contributed by atoms with Gasteiger partial charge in [-0.25, -0.2) is 0 Å². The number of benzene rings is 2. The Morgan fingerprint density at radius 3 is 2.71 bits per heavy atom. The number of hydrogen-bond acceptors (Lipinski definition) is 3. The van der Waals surface area contributed by atoms with Crippen LogP contribution in [0.3, 0.4) is 0 Å². The molecule has 0 aliphatic carbocycles. The Labute approximate surface area is 145 Å². The maximum atomic E-state index is 12.9. The number of carbonyl (C=O) groups is 2. The molecule has 2 amide bonds. The van der Waals surface area contributed by atoms with E-state index in [1.807, 2.05) is 30.3 Å². The molecule has 24 heavy (non-hydrogen) atoms. The molecule has 124 valence electrons. The van der Waals surface area contributed by atoms with Crippen molar-refractivity contribution in [1.82, 2.24) is 5.32 Å². The van der Waals surface area contributed by atoms with E-state index in [9.17, 15) is 9.59 Å². The quantitative estimate of drug-likeness (QED) is 0.927. The van der Waals surface area contributed by atoms with Crippen molar-refractivity contribution in [3.63, 3.8) is 0 Å². The summed E-state index contributed by atoms with van der Waals surface area (Å²) in [5.74, 6) is 0.222. The van der Waals surface area contributed by atoms with Crippen LogP contribution in [-0.4, -0.2) is 18.9 Å². The Hall–Kier alpha value is -2.53. The predicted molar refractivity (Wildman–Crippen MR) is 92.2 cm³/mol. The molecular weight excluding hydrogens is 328 g/mol. The van der Waals surface area contributed by atoms with E-state index in [0.717, 1.165) is 5.56 Å². The number of halogens is 1. The van der Waals surface area contributed by atoms with Crippen molar-refractivity contribution in [2.75, 3.05) is 12.0 Å². The molecule has 2 aromatic rings. The summed E-state index contributed by atoms with van der Waals surface area (Å²) in [5, 5.41) is 3.17. The number of para-hydroxylation sites is 2. The molecule has 3 rings (SSSR count). The van der Waals surface area contributed by atoms with Gasteiger partial charge in [0.15, 0.2) is 0 Å². The number of rotatable bonds is 4. The lowest BCUT2D eigenvalue weighted by atomic mass is 10.1. The molecule has 0 spiro atoms. The molecule has 0 saturated carbocycles. The molecule has 0 aromatic heterocycles. The van der Waals surface area contributed by atoms with E-state index in [1.165, 1.54) is 6.92 Å². The third-order valence-electron chi connectivity index (χ3n) is 3.98. The molecule has 0 radical (unpaired) electrons. The molecule has 1 aliphatic rings. The molecule has 6 heteroatoms. The third kappa shape index (κ3) is 2.83. The fourth-order valence-electron chi connectivity index (χ4n) is 2.95. The number of nitrogens with zero attached hydrogens (tertiary/aromatic N) is 1. The van der Waals surface area contributed by atoms with Crippen LogP contribution in [-0.2, 0) is 16.1 Å². The Morgan fingerprint density at radius 2 is 2.00 bits per heavy atom. The highest BCUT2D eigenvalue weighted by Crippen LogP contribution is 2.42. The summed E-state index contributed by atoms with van der Waals surface area (Å²) in [7, 11) is 1.59. The zero-order chi connectivity index (χ0) is 17.3. The van der Waals surface area contributed by atoms with E-state index >= 15 is 0 Å². The summed E-state index contributed by atoms with van der Waals surface area (Å²) in [4.78, 5) is 25.9. The van der Waals surface area contributed by atoms with Gasteiger partial charge in [-0.1, -0.05) is 41.9 Å². The standard InChI is InChI=1S/C18H17ClN2O3/c1-11(22)20-16-13-7-5-8-14(19)17(13)21(18(16)23)10-12-6-3-4-9-15(12)24-2/h3-9,16H,10H2,1-2H3,(H,20,22)/t16-/m1/s1. The van der Waals surface area contributed by atoms with Crippen molar-refractivity contribution >= 4 is 29.1 Å². The molecule has 1 aliphatic heterocycles. The second kappa shape index (κ2) is 6.53. The lowest BCUT2D eigenvalue weighted by molar-refractivity contribution is -0.126. The highest BCUT2D eigenvalue weighted by Gasteiger charge is 2.39. The van der Waals surface area contributed by atoms with Gasteiger partial charge in [-0.2, -0.15) is 0 Å². The Morgan fingerprint density at radius 1 is 1.25 bits per heavy atom. The fraction of sp³-hybridized carbons (Fsp3) is 0.222. The number of methoxy groups -OCH3 is 1. The normalized spacial score (nSPS) is 16.0. The highest BCUT2D eigenvalue weighted by molar-refractivity contribution is 6.34. The first-order chi connectivity index (χ1) is 11.5. The average Bonchev–Trinajstić information content (AvgIpc) is 2.82. The molecule has 1 atom stereocenters. The molecule has 5 nitrogen and oxygen atoms in total. The zero-order valence-electron chi connectivity index (χ0n) is 13.4. The van der Waals surface area contributed by atoms with E-state index < -0.39 is 6.04 Å². The van der Waals surface area contributed by atoms with Crippen LogP contribution in [0, 0.1) is 0 Å². The van der Waals surface area contributed by atoms with Gasteiger partial charge in [-0.3, -0.25) is 9.59 Å². The second-order valence-corrected chi connectivity index (χ2v) is 5.95. The molecular formula is C18H17ClN2O3. The van der Waals surface area contributed by atoms with E-state index in [4.69, 9.17) is 16.3 Å². The fourth-order valence-corrected chi connectivity index (χ4v) is 3.24. The summed E-state index contributed by atoms with van der Waals surface area (Å²) in [6, 6.07) is 12.1. The molecule has 0 fully saturated rings. The number of anilines is 1. The Kier molecular flexibility index (Phi) is 4.44. The first-order valence-corrected chi connectivity index (χ1v) is 7.89. The monoisotopic (exact) mass is 344 g/mol. The van der Waals surface area contributed by atoms with Gasteiger partial charge < -0.3 is 15.0 Å². The van der Waals surface area contributed by atoms with Gasteiger partial charge in [0.25, 0.3) is 5.91 Å². The van der Waals surface area contributed by atoms with Crippen molar-refractivity contribution < 1.29 is 14.3 Å². The minimum Gasteiger partial charge on any atom is -0.496 e. The van der Waals surface area contributed by atoms with Crippen LogP contribution in [0.1, 0.15) is 24.1 Å². The largest absolute Gasteiger partial charge is 0.496 e. The van der Waals surface area contributed by atoms with Crippen LogP contribution in [0.5, 0.6) is 5.75 Å². The topological polar surface area (TPSA) is 58.6 Å². The molecule has 1 N–H and O–H groups in total. The number of fused-ring (bicyclic) bond motifs is 1. The van der Waals surface area contributed by atoms with Crippen LogP contribution in [0.25, 0.3) is 0 Å². The number of carbonyl (C=O) groups excluding carboxylic acids is 2. The van der Waals surface area contributed by atoms with Gasteiger partial charge in [0, 0.05) is 18.1 Å². The van der Waals surface area contributed by atoms with Crippen molar-refractivity contribution in [2.24, 2.45) is 0 Å². The summed E-state index contributed by atoms with van der Waals surface area (Å²) in [6.45, 7) is 1.70. The summed E-state index contributed by atoms with van der Waals surface area (Å²) in [5.41, 5.74) is 2.20. The molecule has 0 unspecified atom stereocenters. The summed E-state index contributed by atoms with van der Waals surface area (Å²) < 4.78 is 5.36. The van der Waals surface area contributed by atoms with Gasteiger partial charge in [-0.15, -0.1) is 0 Å². The maximum Gasteiger partial charge on any atom is 0.254 e. The molecule has 0 saturated heterocycles. The predicted octanol–water partition coefficient (Wildman–Crippen LogP) is 3.07. The summed E-state index contributed by atoms with van der Waals surface area (Å²) in [6.07, 6.45) is 0. The second-order valence-electron chi connectivity index (χ2n) is 5.55. The van der Waals surface area contributed by atoms with E-state index in [1.54, 1.807) is 24.1 Å². The smallest absolute Gasteiger partial charge is 0.254 e. The summed E-state index contributed by atoms with van der Waals surface area (Å²) >= 11 is 6.33.